The molecule has 0 spiro atoms. The molecule has 0 radical (unpaired) electrons. The molecule has 1 aromatic heterocycles. The van der Waals surface area contributed by atoms with Crippen molar-refractivity contribution in [2.24, 2.45) is 10.9 Å². The molecule has 20 heavy (non-hydrogen) atoms. The third kappa shape index (κ3) is 2.02. The van der Waals surface area contributed by atoms with Crippen molar-refractivity contribution < 1.29 is 9.28 Å². The summed E-state index contributed by atoms with van der Waals surface area (Å²) in [5, 5.41) is 0. The normalized spacial score (nSPS) is 22.4. The number of imidazole rings is 1. The zero-order valence-corrected chi connectivity index (χ0v) is 12.9. The largest absolute Gasteiger partial charge is 0.439 e. The van der Waals surface area contributed by atoms with E-state index in [9.17, 15) is 4.79 Å². The van der Waals surface area contributed by atoms with E-state index in [4.69, 9.17) is 0 Å². The first kappa shape index (κ1) is 14.7. The quantitative estimate of drug-likeness (QED) is 0.794. The third-order valence-electron chi connectivity index (χ3n) is 3.86. The fourth-order valence-electron chi connectivity index (χ4n) is 2.81. The molecule has 0 N–H and O–H groups in total. The first-order valence-electron chi connectivity index (χ1n) is 7.15. The van der Waals surface area contributed by atoms with Crippen LogP contribution in [0.3, 0.4) is 0 Å². The van der Waals surface area contributed by atoms with Crippen molar-refractivity contribution in [2.75, 3.05) is 0 Å². The molecular formula is C15H23N4O+. The van der Waals surface area contributed by atoms with Gasteiger partial charge in [-0.1, -0.05) is 20.8 Å². The Morgan fingerprint density at radius 2 is 2.05 bits per heavy atom. The van der Waals surface area contributed by atoms with Gasteiger partial charge < -0.3 is 0 Å². The van der Waals surface area contributed by atoms with Gasteiger partial charge in [0.15, 0.2) is 0 Å². The van der Waals surface area contributed by atoms with E-state index in [2.05, 4.69) is 44.6 Å². The molecule has 1 aromatic rings. The molecule has 1 amide bonds. The van der Waals surface area contributed by atoms with Gasteiger partial charge in [-0.25, -0.2) is 19.3 Å². The lowest BCUT2D eigenvalue weighted by Gasteiger charge is -2.33. The van der Waals surface area contributed by atoms with Crippen molar-refractivity contribution >= 4 is 12.4 Å². The molecule has 1 aliphatic rings. The number of amides is 1. The number of rotatable bonds is 3. The van der Waals surface area contributed by atoms with Gasteiger partial charge in [-0.3, -0.25) is 0 Å². The van der Waals surface area contributed by atoms with E-state index in [0.29, 0.717) is 5.92 Å². The van der Waals surface area contributed by atoms with Crippen LogP contribution in [0.1, 0.15) is 41.0 Å². The van der Waals surface area contributed by atoms with Gasteiger partial charge in [-0.2, -0.15) is 4.48 Å². The van der Waals surface area contributed by atoms with Crippen molar-refractivity contribution in [3.8, 4) is 0 Å². The van der Waals surface area contributed by atoms with Crippen molar-refractivity contribution in [3.63, 3.8) is 0 Å². The molecule has 0 bridgehead atoms. The maximum atomic E-state index is 13.0. The molecule has 5 heteroatoms. The van der Waals surface area contributed by atoms with Gasteiger partial charge in [0.1, 0.15) is 23.8 Å². The van der Waals surface area contributed by atoms with Crippen LogP contribution in [0.25, 0.3) is 0 Å². The average molecular weight is 275 g/mol. The van der Waals surface area contributed by atoms with Crippen LogP contribution in [0.4, 0.5) is 4.79 Å². The van der Waals surface area contributed by atoms with Gasteiger partial charge in [0.2, 0.25) is 6.34 Å². The molecule has 2 rings (SSSR count). The van der Waals surface area contributed by atoms with Crippen molar-refractivity contribution in [2.45, 2.75) is 47.1 Å². The van der Waals surface area contributed by atoms with Crippen LogP contribution >= 0.6 is 0 Å². The van der Waals surface area contributed by atoms with E-state index in [0.717, 1.165) is 17.8 Å². The van der Waals surface area contributed by atoms with Crippen LogP contribution in [0.5, 0.6) is 0 Å². The van der Waals surface area contributed by atoms with Crippen molar-refractivity contribution in [1.82, 2.24) is 9.55 Å². The molecule has 108 valence electrons. The topological polar surface area (TPSA) is 47.2 Å². The minimum absolute atomic E-state index is 0.0197. The Bertz CT molecular complexity index is 554. The lowest BCUT2D eigenvalue weighted by Crippen LogP contribution is -2.55. The summed E-state index contributed by atoms with van der Waals surface area (Å²) in [5.41, 5.74) is 2.13. The highest BCUT2D eigenvalue weighted by molar-refractivity contribution is 5.81. The summed E-state index contributed by atoms with van der Waals surface area (Å²) in [6, 6.07) is 0.0774. The highest BCUT2D eigenvalue weighted by Crippen LogP contribution is 2.35. The number of carbonyl (C=O) groups is 1. The second-order valence-corrected chi connectivity index (χ2v) is 5.71. The monoisotopic (exact) mass is 275 g/mol. The first-order chi connectivity index (χ1) is 9.45. The Morgan fingerprint density at radius 1 is 1.35 bits per heavy atom. The van der Waals surface area contributed by atoms with Crippen LogP contribution in [-0.4, -0.2) is 32.4 Å². The molecule has 0 saturated carbocycles. The molecule has 2 heterocycles. The smallest absolute Gasteiger partial charge is 0.245 e. The number of hydrogen-bond donors (Lipinski definition) is 0. The van der Waals surface area contributed by atoms with Gasteiger partial charge >= 0.3 is 6.03 Å². The number of quaternary nitrogens is 1. The Kier molecular flexibility index (Phi) is 3.90. The maximum Gasteiger partial charge on any atom is 0.439 e. The standard InChI is InChI=1S/C15H23N4O/c1-6-13-14(11(2)3)17-10-19(13,12(4)5)15(20)18-8-7-16-9-18/h7-12H,6H2,1-5H3/q+1. The Hall–Kier alpha value is -1.75. The molecular weight excluding hydrogens is 252 g/mol. The van der Waals surface area contributed by atoms with E-state index >= 15 is 0 Å². The fraction of sp³-hybridized carbons (Fsp3) is 0.533. The highest BCUT2D eigenvalue weighted by atomic mass is 16.2. The van der Waals surface area contributed by atoms with Crippen LogP contribution in [0.15, 0.2) is 35.1 Å². The number of carbonyl (C=O) groups excluding carboxylic acids is 1. The molecule has 0 fully saturated rings. The molecule has 0 aliphatic carbocycles. The average Bonchev–Trinajstić information content (AvgIpc) is 3.05. The Labute approximate surface area is 120 Å². The third-order valence-corrected chi connectivity index (χ3v) is 3.86. The minimum atomic E-state index is -0.0197. The predicted molar refractivity (Wildman–Crippen MR) is 79.1 cm³/mol. The highest BCUT2D eigenvalue weighted by Gasteiger charge is 2.48. The van der Waals surface area contributed by atoms with Crippen LogP contribution in [0, 0.1) is 5.92 Å². The van der Waals surface area contributed by atoms with Crippen molar-refractivity contribution in [3.05, 3.63) is 30.1 Å². The second-order valence-electron chi connectivity index (χ2n) is 5.71. The van der Waals surface area contributed by atoms with E-state index in [-0.39, 0.29) is 16.6 Å². The molecule has 1 aliphatic heterocycles. The lowest BCUT2D eigenvalue weighted by atomic mass is 10.1. The van der Waals surface area contributed by atoms with Gasteiger partial charge in [0, 0.05) is 24.7 Å². The number of hydrogen-bond acceptors (Lipinski definition) is 3. The summed E-state index contributed by atoms with van der Waals surface area (Å²) in [6.45, 7) is 10.4. The fourth-order valence-corrected chi connectivity index (χ4v) is 2.81. The predicted octanol–water partition coefficient (Wildman–Crippen LogP) is 3.40. The summed E-state index contributed by atoms with van der Waals surface area (Å²) in [6.07, 6.45) is 7.48. The number of nitrogens with zero attached hydrogens (tertiary/aromatic N) is 4. The zero-order chi connectivity index (χ0) is 14.9. The number of aliphatic imine (C=N–C) groups is 1. The van der Waals surface area contributed by atoms with Crippen LogP contribution in [0.2, 0.25) is 0 Å². The van der Waals surface area contributed by atoms with Gasteiger partial charge in [0.25, 0.3) is 0 Å². The van der Waals surface area contributed by atoms with Crippen LogP contribution < -0.4 is 0 Å². The summed E-state index contributed by atoms with van der Waals surface area (Å²) in [5.74, 6) is 0.315. The summed E-state index contributed by atoms with van der Waals surface area (Å²) in [7, 11) is 0. The van der Waals surface area contributed by atoms with E-state index in [1.807, 2.05) is 0 Å². The van der Waals surface area contributed by atoms with Gasteiger partial charge in [-0.15, -0.1) is 0 Å². The SMILES string of the molecule is CCC1=C(C(C)C)N=C[N+]1(C(=O)n1ccnc1)C(C)C. The van der Waals surface area contributed by atoms with E-state index < -0.39 is 0 Å². The summed E-state index contributed by atoms with van der Waals surface area (Å²) in [4.78, 5) is 21.5. The summed E-state index contributed by atoms with van der Waals surface area (Å²) >= 11 is 0. The molecule has 1 unspecified atom stereocenters. The van der Waals surface area contributed by atoms with Gasteiger partial charge in [0.05, 0.1) is 0 Å². The molecule has 1 atom stereocenters. The number of allylic oxidation sites excluding steroid dienone is 2. The molecule has 0 saturated heterocycles. The number of aromatic nitrogens is 2. The summed E-state index contributed by atoms with van der Waals surface area (Å²) < 4.78 is 1.71. The van der Waals surface area contributed by atoms with E-state index in [1.165, 1.54) is 0 Å². The molecule has 0 aromatic carbocycles. The van der Waals surface area contributed by atoms with Crippen LogP contribution in [-0.2, 0) is 0 Å². The Balaban J connectivity index is 2.58. The Morgan fingerprint density at radius 3 is 2.50 bits per heavy atom. The molecule has 5 nitrogen and oxygen atoms in total. The first-order valence-corrected chi connectivity index (χ1v) is 7.15. The zero-order valence-electron chi connectivity index (χ0n) is 12.9. The lowest BCUT2D eigenvalue weighted by molar-refractivity contribution is -0.734. The minimum Gasteiger partial charge on any atom is -0.245 e. The maximum absolute atomic E-state index is 13.0. The van der Waals surface area contributed by atoms with Gasteiger partial charge in [-0.05, 0) is 13.8 Å². The van der Waals surface area contributed by atoms with E-state index in [1.54, 1.807) is 29.6 Å². The second kappa shape index (κ2) is 5.32. The van der Waals surface area contributed by atoms with Crippen molar-refractivity contribution in [1.29, 1.82) is 0 Å².